The van der Waals surface area contributed by atoms with Crippen molar-refractivity contribution in [2.75, 3.05) is 7.11 Å². The standard InChI is InChI=1S/C11H11Br2NO/c1-15-10-4-2-9(3-5-10)6-7-11(12,13)8-14/h2-5H,6-7H2,1H3. The van der Waals surface area contributed by atoms with Gasteiger partial charge < -0.3 is 4.74 Å². The Bertz CT molecular complexity index is 354. The Morgan fingerprint density at radius 1 is 1.33 bits per heavy atom. The van der Waals surface area contributed by atoms with Gasteiger partial charge in [-0.1, -0.05) is 44.0 Å². The van der Waals surface area contributed by atoms with Gasteiger partial charge in [0.25, 0.3) is 0 Å². The average molecular weight is 333 g/mol. The number of benzene rings is 1. The van der Waals surface area contributed by atoms with Gasteiger partial charge in [0.1, 0.15) is 5.75 Å². The molecule has 0 aliphatic heterocycles. The molecule has 0 saturated heterocycles. The van der Waals surface area contributed by atoms with Gasteiger partial charge in [0.2, 0.25) is 0 Å². The molecule has 1 aromatic rings. The van der Waals surface area contributed by atoms with Crippen LogP contribution < -0.4 is 4.74 Å². The van der Waals surface area contributed by atoms with Crippen LogP contribution in [0.2, 0.25) is 0 Å². The summed E-state index contributed by atoms with van der Waals surface area (Å²) in [6.07, 6.45) is 1.56. The molecule has 0 amide bonds. The molecule has 0 fully saturated rings. The zero-order valence-corrected chi connectivity index (χ0v) is 11.5. The lowest BCUT2D eigenvalue weighted by atomic mass is 10.1. The number of alkyl halides is 2. The molecule has 0 aliphatic carbocycles. The first-order valence-corrected chi connectivity index (χ1v) is 6.08. The summed E-state index contributed by atoms with van der Waals surface area (Å²) in [6.45, 7) is 0. The largest absolute Gasteiger partial charge is 0.497 e. The number of hydrogen-bond acceptors (Lipinski definition) is 2. The van der Waals surface area contributed by atoms with Crippen molar-refractivity contribution in [1.29, 1.82) is 5.26 Å². The molecule has 0 aliphatic rings. The van der Waals surface area contributed by atoms with E-state index in [4.69, 9.17) is 10.00 Å². The number of ether oxygens (including phenoxy) is 1. The number of hydrogen-bond donors (Lipinski definition) is 0. The number of methoxy groups -OCH3 is 1. The van der Waals surface area contributed by atoms with E-state index in [9.17, 15) is 0 Å². The van der Waals surface area contributed by atoms with Crippen LogP contribution >= 0.6 is 31.9 Å². The Balaban J connectivity index is 2.56. The molecule has 15 heavy (non-hydrogen) atoms. The maximum absolute atomic E-state index is 8.79. The Kier molecular flexibility index (Phi) is 4.62. The molecule has 0 saturated carbocycles. The first-order valence-electron chi connectivity index (χ1n) is 4.49. The highest BCUT2D eigenvalue weighted by molar-refractivity contribution is 9.25. The number of nitriles is 1. The van der Waals surface area contributed by atoms with Crippen LogP contribution in [0.3, 0.4) is 0 Å². The van der Waals surface area contributed by atoms with Gasteiger partial charge in [0.15, 0.2) is 3.23 Å². The van der Waals surface area contributed by atoms with E-state index in [1.165, 1.54) is 5.56 Å². The van der Waals surface area contributed by atoms with Crippen molar-refractivity contribution in [1.82, 2.24) is 0 Å². The van der Waals surface area contributed by atoms with E-state index < -0.39 is 3.23 Å². The van der Waals surface area contributed by atoms with Crippen LogP contribution in [0.25, 0.3) is 0 Å². The molecule has 2 nitrogen and oxygen atoms in total. The van der Waals surface area contributed by atoms with Crippen LogP contribution in [0.4, 0.5) is 0 Å². The minimum atomic E-state index is -0.611. The van der Waals surface area contributed by atoms with Gasteiger partial charge in [-0.2, -0.15) is 5.26 Å². The lowest BCUT2D eigenvalue weighted by Crippen LogP contribution is -2.08. The van der Waals surface area contributed by atoms with Crippen LogP contribution in [-0.2, 0) is 6.42 Å². The summed E-state index contributed by atoms with van der Waals surface area (Å²) < 4.78 is 4.45. The van der Waals surface area contributed by atoms with E-state index >= 15 is 0 Å². The predicted molar refractivity (Wildman–Crippen MR) is 67.5 cm³/mol. The van der Waals surface area contributed by atoms with Crippen molar-refractivity contribution < 1.29 is 4.74 Å². The van der Waals surface area contributed by atoms with Gasteiger partial charge >= 0.3 is 0 Å². The van der Waals surface area contributed by atoms with Gasteiger partial charge in [0, 0.05) is 0 Å². The minimum Gasteiger partial charge on any atom is -0.497 e. The van der Waals surface area contributed by atoms with E-state index in [1.807, 2.05) is 24.3 Å². The summed E-state index contributed by atoms with van der Waals surface area (Å²) >= 11 is 6.59. The van der Waals surface area contributed by atoms with Crippen molar-refractivity contribution in [2.45, 2.75) is 16.1 Å². The SMILES string of the molecule is COc1ccc(CCC(Br)(Br)C#N)cc1. The fourth-order valence-electron chi connectivity index (χ4n) is 1.15. The highest BCUT2D eigenvalue weighted by Crippen LogP contribution is 2.30. The van der Waals surface area contributed by atoms with E-state index in [0.29, 0.717) is 0 Å². The molecule has 4 heteroatoms. The fraction of sp³-hybridized carbons (Fsp3) is 0.364. The second-order valence-electron chi connectivity index (χ2n) is 3.16. The second kappa shape index (κ2) is 5.53. The molecular formula is C11H11Br2NO. The number of aryl methyl sites for hydroxylation is 1. The topological polar surface area (TPSA) is 33.0 Å². The maximum Gasteiger partial charge on any atom is 0.166 e. The summed E-state index contributed by atoms with van der Waals surface area (Å²) in [4.78, 5) is 0. The molecule has 0 radical (unpaired) electrons. The second-order valence-corrected chi connectivity index (χ2v) is 6.94. The van der Waals surface area contributed by atoms with E-state index in [1.54, 1.807) is 7.11 Å². The number of rotatable bonds is 4. The highest BCUT2D eigenvalue weighted by atomic mass is 79.9. The molecule has 0 aromatic heterocycles. The molecule has 0 heterocycles. The predicted octanol–water partition coefficient (Wildman–Crippen LogP) is 3.64. The summed E-state index contributed by atoms with van der Waals surface area (Å²) in [5, 5.41) is 8.79. The highest BCUT2D eigenvalue weighted by Gasteiger charge is 2.20. The normalized spacial score (nSPS) is 10.8. The van der Waals surface area contributed by atoms with Crippen molar-refractivity contribution in [3.8, 4) is 11.8 Å². The van der Waals surface area contributed by atoms with Gasteiger partial charge in [0.05, 0.1) is 13.2 Å². The summed E-state index contributed by atoms with van der Waals surface area (Å²) in [5.41, 5.74) is 1.19. The quantitative estimate of drug-likeness (QED) is 0.789. The van der Waals surface area contributed by atoms with E-state index in [-0.39, 0.29) is 0 Å². The van der Waals surface area contributed by atoms with Crippen LogP contribution in [-0.4, -0.2) is 10.3 Å². The van der Waals surface area contributed by atoms with E-state index in [0.717, 1.165) is 18.6 Å². The third-order valence-corrected chi connectivity index (χ3v) is 3.20. The van der Waals surface area contributed by atoms with Gasteiger partial charge in [-0.15, -0.1) is 0 Å². The minimum absolute atomic E-state index is 0.611. The molecular weight excluding hydrogens is 322 g/mol. The molecule has 1 rings (SSSR count). The molecule has 0 spiro atoms. The van der Waals surface area contributed by atoms with Crippen LogP contribution in [0.1, 0.15) is 12.0 Å². The van der Waals surface area contributed by atoms with Crippen molar-refractivity contribution in [2.24, 2.45) is 0 Å². The monoisotopic (exact) mass is 331 g/mol. The lowest BCUT2D eigenvalue weighted by Gasteiger charge is -2.10. The average Bonchev–Trinajstić information content (AvgIpc) is 2.27. The van der Waals surface area contributed by atoms with Crippen molar-refractivity contribution in [3.05, 3.63) is 29.8 Å². The first kappa shape index (κ1) is 12.5. The Labute approximate surface area is 106 Å². The van der Waals surface area contributed by atoms with Crippen LogP contribution in [0, 0.1) is 11.3 Å². The summed E-state index contributed by atoms with van der Waals surface area (Å²) in [7, 11) is 1.65. The maximum atomic E-state index is 8.79. The fourth-order valence-corrected chi connectivity index (χ4v) is 1.55. The molecule has 0 N–H and O–H groups in total. The number of halogens is 2. The van der Waals surface area contributed by atoms with Gasteiger partial charge in [-0.05, 0) is 30.5 Å². The van der Waals surface area contributed by atoms with Crippen LogP contribution in [0.5, 0.6) is 5.75 Å². The molecule has 0 unspecified atom stereocenters. The third-order valence-electron chi connectivity index (χ3n) is 2.05. The van der Waals surface area contributed by atoms with Gasteiger partial charge in [-0.3, -0.25) is 0 Å². The Morgan fingerprint density at radius 2 is 1.93 bits per heavy atom. The van der Waals surface area contributed by atoms with Gasteiger partial charge in [-0.25, -0.2) is 0 Å². The zero-order chi connectivity index (χ0) is 11.3. The molecule has 80 valence electrons. The molecule has 0 atom stereocenters. The molecule has 0 bridgehead atoms. The summed E-state index contributed by atoms with van der Waals surface area (Å²) in [5.74, 6) is 0.850. The zero-order valence-electron chi connectivity index (χ0n) is 8.34. The van der Waals surface area contributed by atoms with Crippen molar-refractivity contribution >= 4 is 31.9 Å². The third kappa shape index (κ3) is 4.23. The Hall–Kier alpha value is -0.530. The number of nitrogens with zero attached hydrogens (tertiary/aromatic N) is 1. The smallest absolute Gasteiger partial charge is 0.166 e. The Morgan fingerprint density at radius 3 is 2.40 bits per heavy atom. The summed E-state index contributed by atoms with van der Waals surface area (Å²) in [6, 6.07) is 10.0. The van der Waals surface area contributed by atoms with E-state index in [2.05, 4.69) is 37.9 Å². The lowest BCUT2D eigenvalue weighted by molar-refractivity contribution is 0.414. The van der Waals surface area contributed by atoms with Crippen LogP contribution in [0.15, 0.2) is 24.3 Å². The first-order chi connectivity index (χ1) is 7.07. The van der Waals surface area contributed by atoms with Crippen molar-refractivity contribution in [3.63, 3.8) is 0 Å². The molecule has 1 aromatic carbocycles.